The van der Waals surface area contributed by atoms with Gasteiger partial charge < -0.3 is 0 Å². The molecule has 0 rings (SSSR count). The van der Waals surface area contributed by atoms with Gasteiger partial charge in [-0.15, -0.1) is 18.1 Å². The Hall–Kier alpha value is -0.340. The van der Waals surface area contributed by atoms with Crippen LogP contribution in [-0.2, 0) is 19.3 Å². The van der Waals surface area contributed by atoms with E-state index in [-0.39, 0.29) is 6.42 Å². The summed E-state index contributed by atoms with van der Waals surface area (Å²) in [6.45, 7) is 2.12. The fourth-order valence-corrected chi connectivity index (χ4v) is 2.34. The van der Waals surface area contributed by atoms with Crippen LogP contribution in [0.25, 0.3) is 0 Å². The third-order valence-corrected chi connectivity index (χ3v) is 3.54. The fourth-order valence-electron chi connectivity index (χ4n) is 1.54. The Labute approximate surface area is 112 Å². The highest BCUT2D eigenvalue weighted by Gasteiger charge is 2.33. The zero-order valence-corrected chi connectivity index (χ0v) is 11.9. The molecule has 116 valence electrons. The molecule has 0 fully saturated rings. The molecule has 0 heterocycles. The number of alkyl halides is 3. The first-order chi connectivity index (χ1) is 8.77. The van der Waals surface area contributed by atoms with Crippen molar-refractivity contribution in [2.75, 3.05) is 5.75 Å². The minimum atomic E-state index is -5.10. The van der Waals surface area contributed by atoms with Crippen molar-refractivity contribution in [3.8, 4) is 0 Å². The van der Waals surface area contributed by atoms with Gasteiger partial charge in [-0.1, -0.05) is 56.2 Å². The van der Waals surface area contributed by atoms with Crippen molar-refractivity contribution in [1.29, 1.82) is 0 Å². The van der Waals surface area contributed by atoms with Crippen molar-refractivity contribution in [3.05, 3.63) is 0 Å². The summed E-state index contributed by atoms with van der Waals surface area (Å²) in [6, 6.07) is 0. The van der Waals surface area contributed by atoms with Gasteiger partial charge in [0.05, 0.1) is 5.75 Å². The van der Waals surface area contributed by atoms with Crippen LogP contribution in [0.2, 0.25) is 0 Å². The third-order valence-electron chi connectivity index (χ3n) is 2.48. The summed E-state index contributed by atoms with van der Waals surface area (Å²) >= 11 is 0. The molecule has 0 aromatic carbocycles. The Kier molecular flexibility index (Phi) is 9.38. The summed E-state index contributed by atoms with van der Waals surface area (Å²) in [5.74, 6) is -0.460. The van der Waals surface area contributed by atoms with E-state index in [2.05, 4.69) is 16.1 Å². The van der Waals surface area contributed by atoms with Crippen LogP contribution in [0.4, 0.5) is 13.2 Å². The van der Waals surface area contributed by atoms with Crippen LogP contribution in [0.1, 0.15) is 58.3 Å². The summed E-state index contributed by atoms with van der Waals surface area (Å²) in [5, 5.41) is 0. The smallest absolute Gasteiger partial charge is 0.197 e. The van der Waals surface area contributed by atoms with Crippen LogP contribution in [0.15, 0.2) is 0 Å². The number of hydrogen-bond donors (Lipinski definition) is 0. The van der Waals surface area contributed by atoms with Gasteiger partial charge in [0, 0.05) is 0 Å². The van der Waals surface area contributed by atoms with Crippen molar-refractivity contribution < 1.29 is 30.8 Å². The highest BCUT2D eigenvalue weighted by molar-refractivity contribution is 7.86. The Morgan fingerprint density at radius 2 is 1.37 bits per heavy atom. The van der Waals surface area contributed by atoms with E-state index in [1.807, 2.05) is 0 Å². The predicted molar refractivity (Wildman–Crippen MR) is 64.6 cm³/mol. The van der Waals surface area contributed by atoms with Gasteiger partial charge in [0.15, 0.2) is 0 Å². The second-order valence-electron chi connectivity index (χ2n) is 4.33. The first-order valence-corrected chi connectivity index (χ1v) is 8.01. The average molecular weight is 306 g/mol. The molecule has 0 aliphatic heterocycles. The number of unbranched alkanes of at least 4 members (excludes halogenated alkanes) is 7. The van der Waals surface area contributed by atoms with Crippen molar-refractivity contribution in [2.45, 2.75) is 64.7 Å². The summed E-state index contributed by atoms with van der Waals surface area (Å²) in [7, 11) is -4.26. The molecule has 0 aromatic heterocycles. The second-order valence-corrected chi connectivity index (χ2v) is 5.99. The van der Waals surface area contributed by atoms with Gasteiger partial charge in [-0.2, -0.15) is 8.42 Å². The van der Waals surface area contributed by atoms with E-state index in [1.165, 1.54) is 6.42 Å². The molecule has 0 aliphatic carbocycles. The van der Waals surface area contributed by atoms with Crippen molar-refractivity contribution in [1.82, 2.24) is 0 Å². The molecule has 0 unspecified atom stereocenters. The van der Waals surface area contributed by atoms with Gasteiger partial charge in [-0.05, 0) is 6.42 Å². The summed E-state index contributed by atoms with van der Waals surface area (Å²) in [5.41, 5.74) is 0. The zero-order valence-electron chi connectivity index (χ0n) is 11.0. The molecular weight excluding hydrogens is 285 g/mol. The molecule has 0 saturated carbocycles. The molecule has 19 heavy (non-hydrogen) atoms. The van der Waals surface area contributed by atoms with E-state index in [1.54, 1.807) is 0 Å². The minimum Gasteiger partial charge on any atom is -0.197 e. The molecule has 0 aromatic rings. The van der Waals surface area contributed by atoms with E-state index in [0.717, 1.165) is 32.1 Å². The maximum absolute atomic E-state index is 11.6. The normalized spacial score (nSPS) is 12.8. The molecule has 0 bridgehead atoms. The summed E-state index contributed by atoms with van der Waals surface area (Å²) in [4.78, 5) is 2.83. The molecule has 0 amide bonds. The van der Waals surface area contributed by atoms with Gasteiger partial charge in [0.2, 0.25) is 0 Å². The van der Waals surface area contributed by atoms with E-state index < -0.39 is 22.2 Å². The van der Waals surface area contributed by atoms with Gasteiger partial charge in [-0.25, -0.2) is 0 Å². The van der Waals surface area contributed by atoms with Gasteiger partial charge >= 0.3 is 6.36 Å². The molecule has 0 spiro atoms. The second kappa shape index (κ2) is 9.55. The monoisotopic (exact) mass is 306 g/mol. The first-order valence-electron chi connectivity index (χ1n) is 6.43. The number of hydrogen-bond acceptors (Lipinski definition) is 4. The molecule has 4 nitrogen and oxygen atoms in total. The lowest BCUT2D eigenvalue weighted by Crippen LogP contribution is -2.19. The highest BCUT2D eigenvalue weighted by atomic mass is 32.2. The van der Waals surface area contributed by atoms with Crippen molar-refractivity contribution in [2.24, 2.45) is 0 Å². The van der Waals surface area contributed by atoms with Gasteiger partial charge in [0.1, 0.15) is 0 Å². The molecule has 0 aliphatic rings. The molecule has 8 heteroatoms. The zero-order chi connectivity index (χ0) is 14.8. The van der Waals surface area contributed by atoms with E-state index >= 15 is 0 Å². The maximum Gasteiger partial charge on any atom is 0.550 e. The average Bonchev–Trinajstić information content (AvgIpc) is 2.29. The van der Waals surface area contributed by atoms with E-state index in [0.29, 0.717) is 6.42 Å². The maximum atomic E-state index is 11.6. The van der Waals surface area contributed by atoms with Gasteiger partial charge in [0.25, 0.3) is 10.1 Å². The summed E-state index contributed by atoms with van der Waals surface area (Å²) in [6.07, 6.45) is 2.33. The van der Waals surface area contributed by atoms with Gasteiger partial charge in [-0.3, -0.25) is 0 Å². The molecular formula is C11H21F3O4S. The number of halogens is 3. The highest BCUT2D eigenvalue weighted by Crippen LogP contribution is 2.18. The molecule has 0 saturated heterocycles. The van der Waals surface area contributed by atoms with Crippen molar-refractivity contribution in [3.63, 3.8) is 0 Å². The largest absolute Gasteiger partial charge is 0.550 e. The SMILES string of the molecule is CCCCCCCCCCS(=O)(=O)OOC(F)(F)F. The van der Waals surface area contributed by atoms with E-state index in [9.17, 15) is 21.6 Å². The van der Waals surface area contributed by atoms with Crippen molar-refractivity contribution >= 4 is 10.1 Å². The van der Waals surface area contributed by atoms with Crippen LogP contribution in [0.3, 0.4) is 0 Å². The lowest BCUT2D eigenvalue weighted by molar-refractivity contribution is -0.443. The van der Waals surface area contributed by atoms with Crippen LogP contribution < -0.4 is 0 Å². The van der Waals surface area contributed by atoms with Crippen LogP contribution >= 0.6 is 0 Å². The van der Waals surface area contributed by atoms with E-state index in [4.69, 9.17) is 0 Å². The Morgan fingerprint density at radius 3 is 1.84 bits per heavy atom. The fraction of sp³-hybridized carbons (Fsp3) is 1.00. The third kappa shape index (κ3) is 13.9. The van der Waals surface area contributed by atoms with Crippen LogP contribution in [-0.4, -0.2) is 20.5 Å². The standard InChI is InChI=1S/C11H21F3O4S/c1-2-3-4-5-6-7-8-9-10-19(15,16)18-17-11(12,13)14/h2-10H2,1H3. The summed E-state index contributed by atoms with van der Waals surface area (Å²) < 4.78 is 60.1. The predicted octanol–water partition coefficient (Wildman–Crippen LogP) is 3.92. The first kappa shape index (κ1) is 18.7. The Bertz CT molecular complexity index is 314. The molecule has 0 atom stereocenters. The lowest BCUT2D eigenvalue weighted by atomic mass is 10.1. The number of rotatable bonds is 11. The minimum absolute atomic E-state index is 0.275. The quantitative estimate of drug-likeness (QED) is 0.330. The topological polar surface area (TPSA) is 52.6 Å². The van der Waals surface area contributed by atoms with Crippen LogP contribution in [0, 0.1) is 0 Å². The lowest BCUT2D eigenvalue weighted by Gasteiger charge is -2.06. The Morgan fingerprint density at radius 1 is 0.895 bits per heavy atom. The molecule has 0 N–H and O–H groups in total. The molecule has 0 radical (unpaired) electrons. The van der Waals surface area contributed by atoms with Crippen LogP contribution in [0.5, 0.6) is 0 Å². The Balaban J connectivity index is 3.54.